The second kappa shape index (κ2) is 5.71. The topological polar surface area (TPSA) is 138 Å². The lowest BCUT2D eigenvalue weighted by Gasteiger charge is -2.06. The van der Waals surface area contributed by atoms with E-state index in [1.807, 2.05) is 0 Å². The van der Waals surface area contributed by atoms with Crippen molar-refractivity contribution in [2.45, 2.75) is 13.0 Å². The third-order valence-electron chi connectivity index (χ3n) is 2.31. The van der Waals surface area contributed by atoms with Crippen molar-refractivity contribution in [1.29, 1.82) is 0 Å². The molecule has 2 aromatic heterocycles. The van der Waals surface area contributed by atoms with Gasteiger partial charge in [-0.05, 0) is 6.42 Å². The minimum absolute atomic E-state index is 0.00984. The van der Waals surface area contributed by atoms with Gasteiger partial charge in [-0.25, -0.2) is 4.98 Å². The van der Waals surface area contributed by atoms with Gasteiger partial charge >= 0.3 is 5.69 Å². The molecule has 2 rings (SSSR count). The Morgan fingerprint density at radius 3 is 3.05 bits per heavy atom. The smallest absolute Gasteiger partial charge is 0.329 e. The molecule has 0 atom stereocenters. The number of nitrogens with two attached hydrogens (primary N) is 1. The molecule has 0 aromatic carbocycles. The third kappa shape index (κ3) is 3.34. The maximum Gasteiger partial charge on any atom is 0.329 e. The van der Waals surface area contributed by atoms with E-state index in [9.17, 15) is 10.1 Å². The summed E-state index contributed by atoms with van der Waals surface area (Å²) in [4.78, 5) is 17.6. The van der Waals surface area contributed by atoms with Gasteiger partial charge in [-0.3, -0.25) is 14.8 Å². The molecule has 2 aromatic rings. The molecule has 0 amide bonds. The standard InChI is InChI=1S/C9H12N8O2/c10-9-12-6-7(17(18)19)8(14-9)11-2-1-4-16-5-3-13-15-16/h3,5-6H,1-2,4H2,(H3,10,11,12,14). The Kier molecular flexibility index (Phi) is 3.81. The molecule has 0 spiro atoms. The largest absolute Gasteiger partial charge is 0.368 e. The number of hydrogen-bond acceptors (Lipinski definition) is 8. The number of hydrogen-bond donors (Lipinski definition) is 2. The number of aryl methyl sites for hydroxylation is 1. The molecule has 0 radical (unpaired) electrons. The predicted molar refractivity (Wildman–Crippen MR) is 66.2 cm³/mol. The average Bonchev–Trinajstić information content (AvgIpc) is 2.87. The Morgan fingerprint density at radius 2 is 2.37 bits per heavy atom. The van der Waals surface area contributed by atoms with E-state index in [0.717, 1.165) is 6.20 Å². The highest BCUT2D eigenvalue weighted by Gasteiger charge is 2.15. The molecular formula is C9H12N8O2. The molecule has 0 aliphatic rings. The van der Waals surface area contributed by atoms with Crippen LogP contribution in [-0.4, -0.2) is 36.4 Å². The predicted octanol–water partition coefficient (Wildman–Crippen LogP) is 0.0607. The minimum Gasteiger partial charge on any atom is -0.368 e. The van der Waals surface area contributed by atoms with Crippen molar-refractivity contribution in [2.75, 3.05) is 17.6 Å². The molecule has 0 bridgehead atoms. The van der Waals surface area contributed by atoms with Crippen molar-refractivity contribution < 1.29 is 4.92 Å². The van der Waals surface area contributed by atoms with E-state index >= 15 is 0 Å². The van der Waals surface area contributed by atoms with Crippen LogP contribution in [0.3, 0.4) is 0 Å². The Bertz CT molecular complexity index is 555. The summed E-state index contributed by atoms with van der Waals surface area (Å²) < 4.78 is 1.67. The van der Waals surface area contributed by atoms with E-state index < -0.39 is 4.92 Å². The summed E-state index contributed by atoms with van der Waals surface area (Å²) >= 11 is 0. The van der Waals surface area contributed by atoms with E-state index in [1.54, 1.807) is 17.1 Å². The van der Waals surface area contributed by atoms with E-state index in [2.05, 4.69) is 25.6 Å². The quantitative estimate of drug-likeness (QED) is 0.424. The van der Waals surface area contributed by atoms with Gasteiger partial charge in [-0.1, -0.05) is 5.21 Å². The Hall–Kier alpha value is -2.78. The van der Waals surface area contributed by atoms with Crippen LogP contribution in [0, 0.1) is 10.1 Å². The summed E-state index contributed by atoms with van der Waals surface area (Å²) in [5.74, 6) is 0.112. The van der Waals surface area contributed by atoms with Gasteiger partial charge in [-0.2, -0.15) is 4.98 Å². The molecule has 0 saturated carbocycles. The lowest BCUT2D eigenvalue weighted by Crippen LogP contribution is -2.11. The molecule has 10 nitrogen and oxygen atoms in total. The number of nitrogens with zero attached hydrogens (tertiary/aromatic N) is 6. The highest BCUT2D eigenvalue weighted by molar-refractivity contribution is 5.56. The Morgan fingerprint density at radius 1 is 1.53 bits per heavy atom. The zero-order chi connectivity index (χ0) is 13.7. The second-order valence-electron chi connectivity index (χ2n) is 3.67. The van der Waals surface area contributed by atoms with Crippen molar-refractivity contribution in [3.8, 4) is 0 Å². The van der Waals surface area contributed by atoms with Gasteiger partial charge in [0.1, 0.15) is 6.20 Å². The summed E-state index contributed by atoms with van der Waals surface area (Å²) in [5.41, 5.74) is 5.20. The molecule has 19 heavy (non-hydrogen) atoms. The number of nitrogen functional groups attached to an aromatic ring is 1. The first-order chi connectivity index (χ1) is 9.16. The van der Waals surface area contributed by atoms with Crippen LogP contribution in [0.15, 0.2) is 18.6 Å². The van der Waals surface area contributed by atoms with Crippen molar-refractivity contribution >= 4 is 17.5 Å². The summed E-state index contributed by atoms with van der Waals surface area (Å²) in [6.45, 7) is 1.15. The Labute approximate surface area is 107 Å². The first kappa shape index (κ1) is 12.7. The zero-order valence-electron chi connectivity index (χ0n) is 9.93. The molecule has 2 heterocycles. The van der Waals surface area contributed by atoms with Crippen LogP contribution in [-0.2, 0) is 6.54 Å². The fourth-order valence-corrected chi connectivity index (χ4v) is 1.45. The van der Waals surface area contributed by atoms with Crippen molar-refractivity contribution in [3.63, 3.8) is 0 Å². The van der Waals surface area contributed by atoms with Gasteiger partial charge in [0.25, 0.3) is 0 Å². The van der Waals surface area contributed by atoms with Gasteiger partial charge in [0.15, 0.2) is 0 Å². The van der Waals surface area contributed by atoms with E-state index in [0.29, 0.717) is 19.5 Å². The Balaban J connectivity index is 1.91. The fourth-order valence-electron chi connectivity index (χ4n) is 1.45. The van der Waals surface area contributed by atoms with Gasteiger partial charge in [-0.15, -0.1) is 5.10 Å². The highest BCUT2D eigenvalue weighted by Crippen LogP contribution is 2.20. The average molecular weight is 264 g/mol. The van der Waals surface area contributed by atoms with E-state index in [4.69, 9.17) is 5.73 Å². The zero-order valence-corrected chi connectivity index (χ0v) is 9.93. The summed E-state index contributed by atoms with van der Waals surface area (Å²) in [6, 6.07) is 0. The molecular weight excluding hydrogens is 252 g/mol. The number of anilines is 2. The van der Waals surface area contributed by atoms with E-state index in [1.165, 1.54) is 0 Å². The molecule has 100 valence electrons. The maximum atomic E-state index is 10.8. The lowest BCUT2D eigenvalue weighted by atomic mass is 10.4. The van der Waals surface area contributed by atoms with Gasteiger partial charge in [0, 0.05) is 19.3 Å². The van der Waals surface area contributed by atoms with Crippen LogP contribution in [0.25, 0.3) is 0 Å². The number of nitrogens with one attached hydrogen (secondary N) is 1. The molecule has 0 aliphatic heterocycles. The molecule has 0 aliphatic carbocycles. The van der Waals surface area contributed by atoms with Gasteiger partial charge < -0.3 is 11.1 Å². The summed E-state index contributed by atoms with van der Waals surface area (Å²) in [5, 5.41) is 21.1. The molecule has 0 unspecified atom stereocenters. The molecule has 10 heteroatoms. The van der Waals surface area contributed by atoms with Crippen LogP contribution in [0.5, 0.6) is 0 Å². The van der Waals surface area contributed by atoms with Crippen molar-refractivity contribution in [3.05, 3.63) is 28.7 Å². The highest BCUT2D eigenvalue weighted by atomic mass is 16.6. The maximum absolute atomic E-state index is 10.8. The number of rotatable bonds is 6. The molecule has 0 saturated heterocycles. The summed E-state index contributed by atoms with van der Waals surface area (Å²) in [7, 11) is 0. The second-order valence-corrected chi connectivity index (χ2v) is 3.67. The van der Waals surface area contributed by atoms with Crippen LogP contribution in [0.4, 0.5) is 17.5 Å². The van der Waals surface area contributed by atoms with Crippen LogP contribution in [0.1, 0.15) is 6.42 Å². The van der Waals surface area contributed by atoms with Crippen molar-refractivity contribution in [2.24, 2.45) is 0 Å². The van der Waals surface area contributed by atoms with Crippen molar-refractivity contribution in [1.82, 2.24) is 25.0 Å². The first-order valence-electron chi connectivity index (χ1n) is 5.51. The van der Waals surface area contributed by atoms with E-state index in [-0.39, 0.29) is 17.5 Å². The van der Waals surface area contributed by atoms with Crippen LogP contribution >= 0.6 is 0 Å². The lowest BCUT2D eigenvalue weighted by molar-refractivity contribution is -0.384. The third-order valence-corrected chi connectivity index (χ3v) is 2.31. The number of aromatic nitrogens is 5. The monoisotopic (exact) mass is 264 g/mol. The summed E-state index contributed by atoms with van der Waals surface area (Å²) in [6.07, 6.45) is 5.13. The number of nitro groups is 1. The molecule has 0 fully saturated rings. The van der Waals surface area contributed by atoms with Crippen LogP contribution < -0.4 is 11.1 Å². The fraction of sp³-hybridized carbons (Fsp3) is 0.333. The van der Waals surface area contributed by atoms with Gasteiger partial charge in [0.05, 0.1) is 11.1 Å². The SMILES string of the molecule is Nc1ncc([N+](=O)[O-])c(NCCCn2ccnn2)n1. The molecule has 3 N–H and O–H groups in total. The van der Waals surface area contributed by atoms with Crippen LogP contribution in [0.2, 0.25) is 0 Å². The minimum atomic E-state index is -0.556. The van der Waals surface area contributed by atoms with Gasteiger partial charge in [0.2, 0.25) is 11.8 Å². The first-order valence-corrected chi connectivity index (χ1v) is 5.51. The normalized spacial score (nSPS) is 10.3.